The summed E-state index contributed by atoms with van der Waals surface area (Å²) < 4.78 is 2.15. The third kappa shape index (κ3) is 2.37. The second-order valence-electron chi connectivity index (χ2n) is 7.57. The first-order valence-electron chi connectivity index (χ1n) is 7.15. The Kier molecular flexibility index (Phi) is 3.39. The van der Waals surface area contributed by atoms with Gasteiger partial charge in [0.2, 0.25) is 5.91 Å². The molecule has 1 amide bonds. The van der Waals surface area contributed by atoms with Crippen LogP contribution in [-0.2, 0) is 4.79 Å². The SMILES string of the molecule is CC(C)(C)[Si](C)(C)N1C(=O)C[C@H]1CC(O)C1CC1. The summed E-state index contributed by atoms with van der Waals surface area (Å²) in [5.41, 5.74) is 0. The van der Waals surface area contributed by atoms with E-state index in [1.807, 2.05) is 0 Å². The van der Waals surface area contributed by atoms with E-state index in [1.165, 1.54) is 12.8 Å². The van der Waals surface area contributed by atoms with E-state index in [0.717, 1.165) is 6.42 Å². The zero-order chi connectivity index (χ0) is 13.7. The minimum atomic E-state index is -1.76. The summed E-state index contributed by atoms with van der Waals surface area (Å²) in [4.78, 5) is 12.0. The van der Waals surface area contributed by atoms with Crippen molar-refractivity contribution in [3.8, 4) is 0 Å². The number of aliphatic hydroxyl groups is 1. The highest BCUT2D eigenvalue weighted by Gasteiger charge is 2.52. The van der Waals surface area contributed by atoms with Gasteiger partial charge in [-0.25, -0.2) is 0 Å². The number of hydrogen-bond acceptors (Lipinski definition) is 2. The van der Waals surface area contributed by atoms with Crippen LogP contribution in [0.2, 0.25) is 18.1 Å². The molecule has 104 valence electrons. The maximum atomic E-state index is 12.0. The standard InChI is InChI=1S/C14H27NO2Si/c1-14(2,3)18(4,5)15-11(9-13(15)17)8-12(16)10-6-7-10/h10-12,16H,6-9H2,1-5H3/t11-,12?/m1/s1. The van der Waals surface area contributed by atoms with Crippen LogP contribution in [0.4, 0.5) is 0 Å². The molecule has 2 fully saturated rings. The molecule has 1 saturated carbocycles. The van der Waals surface area contributed by atoms with Crippen molar-refractivity contribution in [3.05, 3.63) is 0 Å². The van der Waals surface area contributed by atoms with Gasteiger partial charge < -0.3 is 9.67 Å². The highest BCUT2D eigenvalue weighted by molar-refractivity contribution is 6.79. The molecular formula is C14H27NO2Si. The number of nitrogens with zero attached hydrogens (tertiary/aromatic N) is 1. The van der Waals surface area contributed by atoms with Gasteiger partial charge >= 0.3 is 0 Å². The zero-order valence-corrected chi connectivity index (χ0v) is 13.4. The lowest BCUT2D eigenvalue weighted by Crippen LogP contribution is -2.68. The Morgan fingerprint density at radius 2 is 1.94 bits per heavy atom. The van der Waals surface area contributed by atoms with Crippen LogP contribution < -0.4 is 0 Å². The molecule has 2 atom stereocenters. The molecule has 1 heterocycles. The van der Waals surface area contributed by atoms with E-state index in [9.17, 15) is 9.90 Å². The van der Waals surface area contributed by atoms with E-state index < -0.39 is 8.24 Å². The Bertz CT molecular complexity index is 344. The van der Waals surface area contributed by atoms with E-state index in [-0.39, 0.29) is 11.1 Å². The zero-order valence-electron chi connectivity index (χ0n) is 12.4. The maximum absolute atomic E-state index is 12.0. The summed E-state index contributed by atoms with van der Waals surface area (Å²) in [6.07, 6.45) is 3.60. The van der Waals surface area contributed by atoms with E-state index in [0.29, 0.717) is 24.3 Å². The average molecular weight is 269 g/mol. The summed E-state index contributed by atoms with van der Waals surface area (Å²) in [6.45, 7) is 11.3. The van der Waals surface area contributed by atoms with Crippen LogP contribution in [0.3, 0.4) is 0 Å². The lowest BCUT2D eigenvalue weighted by Gasteiger charge is -2.55. The van der Waals surface area contributed by atoms with Gasteiger partial charge in [0.05, 0.1) is 6.10 Å². The fourth-order valence-corrected chi connectivity index (χ4v) is 5.30. The predicted molar refractivity (Wildman–Crippen MR) is 75.8 cm³/mol. The average Bonchev–Trinajstić information content (AvgIpc) is 2.96. The molecule has 0 aromatic carbocycles. The molecule has 0 aromatic rings. The molecule has 1 unspecified atom stereocenters. The molecule has 0 bridgehead atoms. The smallest absolute Gasteiger partial charge is 0.216 e. The Hall–Kier alpha value is -0.353. The number of carbonyl (C=O) groups is 1. The van der Waals surface area contributed by atoms with Crippen molar-refractivity contribution in [1.29, 1.82) is 0 Å². The fourth-order valence-electron chi connectivity index (χ4n) is 2.75. The molecule has 2 rings (SSSR count). The molecule has 1 saturated heterocycles. The lowest BCUT2D eigenvalue weighted by molar-refractivity contribution is -0.140. The first-order chi connectivity index (χ1) is 8.14. The van der Waals surface area contributed by atoms with Crippen LogP contribution in [0.1, 0.15) is 46.5 Å². The molecule has 1 aliphatic heterocycles. The highest BCUT2D eigenvalue weighted by atomic mass is 28.3. The summed E-state index contributed by atoms with van der Waals surface area (Å²) in [6, 6.07) is 0.300. The van der Waals surface area contributed by atoms with Gasteiger partial charge in [-0.3, -0.25) is 4.79 Å². The van der Waals surface area contributed by atoms with Crippen molar-refractivity contribution in [3.63, 3.8) is 0 Å². The van der Waals surface area contributed by atoms with E-state index >= 15 is 0 Å². The van der Waals surface area contributed by atoms with Crippen LogP contribution in [0, 0.1) is 5.92 Å². The van der Waals surface area contributed by atoms with Gasteiger partial charge in [-0.2, -0.15) is 0 Å². The van der Waals surface area contributed by atoms with Crippen molar-refractivity contribution in [2.24, 2.45) is 5.92 Å². The number of amides is 1. The van der Waals surface area contributed by atoms with Crippen LogP contribution in [0.15, 0.2) is 0 Å². The highest BCUT2D eigenvalue weighted by Crippen LogP contribution is 2.45. The molecular weight excluding hydrogens is 242 g/mol. The van der Waals surface area contributed by atoms with Crippen molar-refractivity contribution >= 4 is 14.1 Å². The van der Waals surface area contributed by atoms with E-state index in [2.05, 4.69) is 38.4 Å². The van der Waals surface area contributed by atoms with Crippen LogP contribution in [0.5, 0.6) is 0 Å². The van der Waals surface area contributed by atoms with Crippen LogP contribution >= 0.6 is 0 Å². The molecule has 18 heavy (non-hydrogen) atoms. The summed E-state index contributed by atoms with van der Waals surface area (Å²) >= 11 is 0. The summed E-state index contributed by atoms with van der Waals surface area (Å²) in [5.74, 6) is 0.816. The molecule has 0 aromatic heterocycles. The maximum Gasteiger partial charge on any atom is 0.216 e. The molecule has 2 aliphatic rings. The van der Waals surface area contributed by atoms with Crippen molar-refractivity contribution in [2.45, 2.75) is 76.7 Å². The van der Waals surface area contributed by atoms with Crippen LogP contribution in [0.25, 0.3) is 0 Å². The van der Waals surface area contributed by atoms with Crippen molar-refractivity contribution < 1.29 is 9.90 Å². The van der Waals surface area contributed by atoms with Gasteiger partial charge in [0.15, 0.2) is 8.24 Å². The molecule has 0 radical (unpaired) electrons. The van der Waals surface area contributed by atoms with Gasteiger partial charge in [0, 0.05) is 12.5 Å². The Morgan fingerprint density at radius 3 is 2.33 bits per heavy atom. The Morgan fingerprint density at radius 1 is 1.39 bits per heavy atom. The lowest BCUT2D eigenvalue weighted by atomic mass is 9.97. The third-order valence-electron chi connectivity index (χ3n) is 5.16. The number of aliphatic hydroxyl groups excluding tert-OH is 1. The number of hydrogen-bond donors (Lipinski definition) is 1. The molecule has 1 aliphatic carbocycles. The molecule has 0 spiro atoms. The van der Waals surface area contributed by atoms with Gasteiger partial charge in [-0.1, -0.05) is 33.9 Å². The van der Waals surface area contributed by atoms with E-state index in [1.54, 1.807) is 0 Å². The molecule has 3 nitrogen and oxygen atoms in total. The van der Waals surface area contributed by atoms with Crippen molar-refractivity contribution in [1.82, 2.24) is 4.57 Å². The second-order valence-corrected chi connectivity index (χ2v) is 12.7. The first-order valence-corrected chi connectivity index (χ1v) is 10.1. The van der Waals surface area contributed by atoms with Gasteiger partial charge in [0.1, 0.15) is 0 Å². The predicted octanol–water partition coefficient (Wildman–Crippen LogP) is 2.75. The Labute approximate surface area is 112 Å². The minimum absolute atomic E-state index is 0.185. The first kappa shape index (κ1) is 14.1. The molecule has 1 N–H and O–H groups in total. The third-order valence-corrected chi connectivity index (χ3v) is 10.7. The minimum Gasteiger partial charge on any atom is -0.393 e. The largest absolute Gasteiger partial charge is 0.393 e. The topological polar surface area (TPSA) is 40.5 Å². The normalized spacial score (nSPS) is 27.1. The van der Waals surface area contributed by atoms with Gasteiger partial charge in [-0.15, -0.1) is 0 Å². The van der Waals surface area contributed by atoms with E-state index in [4.69, 9.17) is 0 Å². The summed E-state index contributed by atoms with van der Waals surface area (Å²) in [7, 11) is -1.76. The quantitative estimate of drug-likeness (QED) is 0.630. The van der Waals surface area contributed by atoms with Gasteiger partial charge in [-0.05, 0) is 30.2 Å². The Balaban J connectivity index is 2.03. The summed E-state index contributed by atoms with van der Waals surface area (Å²) in [5, 5.41) is 10.3. The molecule has 4 heteroatoms. The number of carbonyl (C=O) groups excluding carboxylic acids is 1. The van der Waals surface area contributed by atoms with Gasteiger partial charge in [0.25, 0.3) is 0 Å². The monoisotopic (exact) mass is 269 g/mol. The number of β-lactam (4-membered cyclic amide) rings is 1. The number of rotatable bonds is 4. The second kappa shape index (κ2) is 4.34. The fraction of sp³-hybridized carbons (Fsp3) is 0.929. The van der Waals surface area contributed by atoms with Crippen molar-refractivity contribution in [2.75, 3.05) is 0 Å². The van der Waals surface area contributed by atoms with Crippen LogP contribution in [-0.4, -0.2) is 36.0 Å².